The van der Waals surface area contributed by atoms with E-state index >= 15 is 0 Å². The third-order valence-electron chi connectivity index (χ3n) is 7.74. The number of carboxylic acid groups (broad SMARTS) is 1. The first-order valence-electron chi connectivity index (χ1n) is 12.4. The van der Waals surface area contributed by atoms with Gasteiger partial charge in [0.2, 0.25) is 5.91 Å². The normalized spacial score (nSPS) is 28.8. The van der Waals surface area contributed by atoms with Gasteiger partial charge in [-0.3, -0.25) is 14.4 Å². The van der Waals surface area contributed by atoms with Gasteiger partial charge in [0.05, 0.1) is 16.6 Å². The number of thioether (sulfide) groups is 1. The van der Waals surface area contributed by atoms with Gasteiger partial charge in [0.15, 0.2) is 0 Å². The molecular formula is C26H35N3O5S. The molecule has 3 saturated heterocycles. The van der Waals surface area contributed by atoms with Gasteiger partial charge in [-0.15, -0.1) is 18.3 Å². The lowest BCUT2D eigenvalue weighted by molar-refractivity contribution is -0.148. The van der Waals surface area contributed by atoms with Gasteiger partial charge >= 0.3 is 5.97 Å². The number of amides is 2. The number of fused-ring (bicyclic) bond motifs is 1. The molecule has 3 aliphatic rings. The molecule has 0 aliphatic carbocycles. The topological polar surface area (TPSA) is 101 Å². The van der Waals surface area contributed by atoms with Crippen molar-refractivity contribution in [2.45, 2.75) is 49.1 Å². The zero-order valence-electron chi connectivity index (χ0n) is 20.4. The summed E-state index contributed by atoms with van der Waals surface area (Å²) in [5.74, 6) is -2.95. The Morgan fingerprint density at radius 3 is 2.46 bits per heavy atom. The van der Waals surface area contributed by atoms with E-state index in [1.807, 2.05) is 24.3 Å². The number of carboxylic acids is 1. The molecule has 0 aromatic heterocycles. The predicted molar refractivity (Wildman–Crippen MR) is 138 cm³/mol. The van der Waals surface area contributed by atoms with Gasteiger partial charge < -0.3 is 24.9 Å². The third-order valence-corrected chi connectivity index (χ3v) is 9.70. The summed E-state index contributed by atoms with van der Waals surface area (Å²) in [6.07, 6.45) is 3.32. The standard InChI is InChI=1S/C26H35N3O5S/c1-4-14-28(18-10-8-17(9-11-18)27(5-2)6-3)24(32)22-26-13-12-19(35-26)20(25(33)34)21(26)23(31)29(22)15-7-16-30/h4,8-11,19-22,30H,1,5-7,12-16H2,2-3H3,(H,33,34)/t19-,20+,21+,22?,26?/m1/s1. The Balaban J connectivity index is 1.71. The number of aliphatic hydroxyl groups is 1. The number of likely N-dealkylation sites (tertiary alicyclic amines) is 1. The first kappa shape index (κ1) is 25.6. The minimum atomic E-state index is -0.965. The van der Waals surface area contributed by atoms with Crippen LogP contribution in [0.4, 0.5) is 11.4 Å². The van der Waals surface area contributed by atoms with Crippen LogP contribution in [-0.4, -0.2) is 81.7 Å². The summed E-state index contributed by atoms with van der Waals surface area (Å²) < 4.78 is -0.752. The first-order valence-corrected chi connectivity index (χ1v) is 13.3. The Hall–Kier alpha value is -2.52. The fourth-order valence-corrected chi connectivity index (χ4v) is 8.43. The minimum Gasteiger partial charge on any atom is -0.481 e. The summed E-state index contributed by atoms with van der Waals surface area (Å²) in [5.41, 5.74) is 1.78. The number of anilines is 2. The van der Waals surface area contributed by atoms with Crippen LogP contribution in [0.15, 0.2) is 36.9 Å². The van der Waals surface area contributed by atoms with Crippen molar-refractivity contribution in [2.75, 3.05) is 42.6 Å². The molecule has 8 nitrogen and oxygen atoms in total. The van der Waals surface area contributed by atoms with E-state index < -0.39 is 28.6 Å². The monoisotopic (exact) mass is 501 g/mol. The van der Waals surface area contributed by atoms with Crippen LogP contribution in [-0.2, 0) is 14.4 Å². The van der Waals surface area contributed by atoms with Crippen molar-refractivity contribution < 1.29 is 24.6 Å². The second kappa shape index (κ2) is 10.2. The van der Waals surface area contributed by atoms with Gasteiger partial charge in [0.1, 0.15) is 6.04 Å². The Morgan fingerprint density at radius 2 is 1.89 bits per heavy atom. The van der Waals surface area contributed by atoms with E-state index in [-0.39, 0.29) is 36.8 Å². The van der Waals surface area contributed by atoms with Crippen molar-refractivity contribution in [3.8, 4) is 0 Å². The summed E-state index contributed by atoms with van der Waals surface area (Å²) in [5, 5.41) is 19.2. The van der Waals surface area contributed by atoms with E-state index in [1.54, 1.807) is 15.9 Å². The molecule has 9 heteroatoms. The molecular weight excluding hydrogens is 466 g/mol. The molecule has 5 atom stereocenters. The maximum Gasteiger partial charge on any atom is 0.308 e. The summed E-state index contributed by atoms with van der Waals surface area (Å²) in [7, 11) is 0. The lowest BCUT2D eigenvalue weighted by atomic mass is 9.71. The highest BCUT2D eigenvalue weighted by Gasteiger charge is 2.73. The molecule has 2 amide bonds. The second-order valence-electron chi connectivity index (χ2n) is 9.43. The van der Waals surface area contributed by atoms with E-state index in [0.717, 1.165) is 18.8 Å². The smallest absolute Gasteiger partial charge is 0.308 e. The molecule has 0 saturated carbocycles. The van der Waals surface area contributed by atoms with Gasteiger partial charge in [-0.05, 0) is 57.4 Å². The Bertz CT molecular complexity index is 982. The van der Waals surface area contributed by atoms with E-state index in [4.69, 9.17) is 0 Å². The van der Waals surface area contributed by atoms with Crippen molar-refractivity contribution in [3.63, 3.8) is 0 Å². The molecule has 3 fully saturated rings. The van der Waals surface area contributed by atoms with Crippen LogP contribution < -0.4 is 9.80 Å². The fourth-order valence-electron chi connectivity index (χ4n) is 6.23. The maximum atomic E-state index is 14.2. The van der Waals surface area contributed by atoms with Crippen LogP contribution >= 0.6 is 11.8 Å². The summed E-state index contributed by atoms with van der Waals surface area (Å²) >= 11 is 1.52. The van der Waals surface area contributed by atoms with E-state index in [1.165, 1.54) is 11.8 Å². The molecule has 3 heterocycles. The van der Waals surface area contributed by atoms with Crippen LogP contribution in [0.25, 0.3) is 0 Å². The lowest BCUT2D eigenvalue weighted by Crippen LogP contribution is -2.55. The second-order valence-corrected chi connectivity index (χ2v) is 11.0. The largest absolute Gasteiger partial charge is 0.481 e. The quantitative estimate of drug-likeness (QED) is 0.450. The number of aliphatic carboxylic acids is 1. The number of carbonyl (C=O) groups is 3. The molecule has 3 aliphatic heterocycles. The van der Waals surface area contributed by atoms with Crippen LogP contribution in [0.1, 0.15) is 33.1 Å². The Labute approximate surface area is 210 Å². The van der Waals surface area contributed by atoms with Crippen LogP contribution in [0.2, 0.25) is 0 Å². The molecule has 2 unspecified atom stereocenters. The van der Waals surface area contributed by atoms with E-state index in [2.05, 4.69) is 25.3 Å². The van der Waals surface area contributed by atoms with Crippen molar-refractivity contribution in [3.05, 3.63) is 36.9 Å². The number of hydrogen-bond donors (Lipinski definition) is 2. The van der Waals surface area contributed by atoms with Gasteiger partial charge in [-0.1, -0.05) is 6.08 Å². The summed E-state index contributed by atoms with van der Waals surface area (Å²) in [4.78, 5) is 45.4. The number of rotatable bonds is 11. The van der Waals surface area contributed by atoms with Crippen molar-refractivity contribution in [2.24, 2.45) is 11.8 Å². The number of hydrogen-bond acceptors (Lipinski definition) is 6. The molecule has 35 heavy (non-hydrogen) atoms. The van der Waals surface area contributed by atoms with Crippen molar-refractivity contribution in [1.29, 1.82) is 0 Å². The summed E-state index contributed by atoms with van der Waals surface area (Å²) in [6, 6.07) is 7.05. The average molecular weight is 502 g/mol. The Morgan fingerprint density at radius 1 is 1.23 bits per heavy atom. The van der Waals surface area contributed by atoms with E-state index in [9.17, 15) is 24.6 Å². The third kappa shape index (κ3) is 4.12. The highest BCUT2D eigenvalue weighted by atomic mass is 32.2. The van der Waals surface area contributed by atoms with Crippen LogP contribution in [0.3, 0.4) is 0 Å². The highest BCUT2D eigenvalue weighted by molar-refractivity contribution is 8.02. The number of nitrogens with zero attached hydrogens (tertiary/aromatic N) is 3. The average Bonchev–Trinajstić information content (AvgIpc) is 3.49. The van der Waals surface area contributed by atoms with Crippen molar-refractivity contribution in [1.82, 2.24) is 4.90 Å². The molecule has 1 spiro atoms. The SMILES string of the molecule is C=CCN(C(=O)C1N(CCCO)C(=O)[C@@H]2[C@@H](C(=O)O)[C@H]3CCC12S3)c1ccc(N(CC)CC)cc1. The van der Waals surface area contributed by atoms with Crippen LogP contribution in [0, 0.1) is 11.8 Å². The number of carbonyl (C=O) groups excluding carboxylic acids is 2. The molecule has 2 N–H and O–H groups in total. The molecule has 1 aromatic carbocycles. The van der Waals surface area contributed by atoms with Crippen LogP contribution in [0.5, 0.6) is 0 Å². The predicted octanol–water partition coefficient (Wildman–Crippen LogP) is 2.61. The van der Waals surface area contributed by atoms with Gasteiger partial charge in [0.25, 0.3) is 5.91 Å². The fraction of sp³-hybridized carbons (Fsp3) is 0.577. The van der Waals surface area contributed by atoms with Gasteiger partial charge in [-0.25, -0.2) is 0 Å². The maximum absolute atomic E-state index is 14.2. The molecule has 190 valence electrons. The van der Waals surface area contributed by atoms with Gasteiger partial charge in [-0.2, -0.15) is 0 Å². The lowest BCUT2D eigenvalue weighted by Gasteiger charge is -2.37. The zero-order chi connectivity index (χ0) is 25.3. The molecule has 4 rings (SSSR count). The number of aliphatic hydroxyl groups excluding tert-OH is 1. The number of benzene rings is 1. The highest BCUT2D eigenvalue weighted by Crippen LogP contribution is 2.66. The molecule has 2 bridgehead atoms. The molecule has 0 radical (unpaired) electrons. The zero-order valence-corrected chi connectivity index (χ0v) is 21.2. The van der Waals surface area contributed by atoms with E-state index in [0.29, 0.717) is 24.9 Å². The van der Waals surface area contributed by atoms with Gasteiger partial charge in [0, 0.05) is 49.4 Å². The minimum absolute atomic E-state index is 0.107. The molecule has 1 aromatic rings. The van der Waals surface area contributed by atoms with Crippen molar-refractivity contribution >= 4 is 40.9 Å². The first-order chi connectivity index (χ1) is 16.8. The summed E-state index contributed by atoms with van der Waals surface area (Å²) in [6.45, 7) is 10.2. The Kier molecular flexibility index (Phi) is 7.47.